The first-order valence-electron chi connectivity index (χ1n) is 11.0. The number of aryl methyl sites for hydroxylation is 2. The summed E-state index contributed by atoms with van der Waals surface area (Å²) in [5.74, 6) is 0.804. The van der Waals surface area contributed by atoms with Crippen LogP contribution < -0.4 is 15.1 Å². The third-order valence-electron chi connectivity index (χ3n) is 5.99. The SMILES string of the molecule is CCc1nc2c(C)cc(N3CCNCC3)cn2c1N(C)c1nc(-c2ccc(F)cc2)cs1. The summed E-state index contributed by atoms with van der Waals surface area (Å²) >= 11 is 1.58. The number of hydrogen-bond donors (Lipinski definition) is 1. The highest BCUT2D eigenvalue weighted by Gasteiger charge is 2.21. The average molecular weight is 451 g/mol. The van der Waals surface area contributed by atoms with E-state index in [-0.39, 0.29) is 5.82 Å². The normalized spacial score (nSPS) is 14.3. The molecular weight excluding hydrogens is 423 g/mol. The molecule has 3 aromatic heterocycles. The molecule has 0 bridgehead atoms. The van der Waals surface area contributed by atoms with Crippen LogP contribution in [0.1, 0.15) is 18.2 Å². The maximum atomic E-state index is 13.3. The molecule has 6 nitrogen and oxygen atoms in total. The van der Waals surface area contributed by atoms with E-state index in [0.29, 0.717) is 0 Å². The fraction of sp³-hybridized carbons (Fsp3) is 0.333. The van der Waals surface area contributed by atoms with Crippen LogP contribution in [0.2, 0.25) is 0 Å². The third kappa shape index (κ3) is 3.73. The summed E-state index contributed by atoms with van der Waals surface area (Å²) in [6, 6.07) is 8.72. The molecule has 0 radical (unpaired) electrons. The molecule has 1 aliphatic heterocycles. The predicted molar refractivity (Wildman–Crippen MR) is 130 cm³/mol. The molecule has 5 rings (SSSR count). The standard InChI is InChI=1S/C24H27FN6S/c1-4-20-23(29(3)24-28-21(15-32-24)17-5-7-18(25)8-6-17)31-14-19(13-16(2)22(31)27-20)30-11-9-26-10-12-30/h5-8,13-15,26H,4,9-12H2,1-3H3. The number of rotatable bonds is 5. The number of aromatic nitrogens is 3. The molecule has 8 heteroatoms. The van der Waals surface area contributed by atoms with Gasteiger partial charge < -0.3 is 15.1 Å². The predicted octanol–water partition coefficient (Wildman–Crippen LogP) is 4.65. The molecule has 0 amide bonds. The second-order valence-electron chi connectivity index (χ2n) is 8.13. The molecule has 0 saturated carbocycles. The zero-order chi connectivity index (χ0) is 22.2. The van der Waals surface area contributed by atoms with E-state index in [1.807, 2.05) is 12.4 Å². The van der Waals surface area contributed by atoms with Gasteiger partial charge in [0.2, 0.25) is 0 Å². The van der Waals surface area contributed by atoms with Crippen molar-refractivity contribution in [3.63, 3.8) is 0 Å². The molecule has 0 aliphatic carbocycles. The fourth-order valence-corrected chi connectivity index (χ4v) is 5.08. The van der Waals surface area contributed by atoms with E-state index in [9.17, 15) is 4.39 Å². The van der Waals surface area contributed by atoms with Gasteiger partial charge in [0.05, 0.1) is 17.1 Å². The highest BCUT2D eigenvalue weighted by Crippen LogP contribution is 2.35. The summed E-state index contributed by atoms with van der Waals surface area (Å²) in [5.41, 5.74) is 6.18. The lowest BCUT2D eigenvalue weighted by atomic mass is 10.2. The molecule has 0 atom stereocenters. The summed E-state index contributed by atoms with van der Waals surface area (Å²) in [7, 11) is 2.04. The number of fused-ring (bicyclic) bond motifs is 1. The lowest BCUT2D eigenvalue weighted by Gasteiger charge is -2.30. The van der Waals surface area contributed by atoms with Crippen LogP contribution in [0.15, 0.2) is 41.9 Å². The Morgan fingerprint density at radius 1 is 1.16 bits per heavy atom. The molecule has 1 aromatic carbocycles. The third-order valence-corrected chi connectivity index (χ3v) is 6.90. The van der Waals surface area contributed by atoms with Crippen molar-refractivity contribution < 1.29 is 4.39 Å². The number of hydrogen-bond acceptors (Lipinski definition) is 6. The first-order valence-corrected chi connectivity index (χ1v) is 11.9. The summed E-state index contributed by atoms with van der Waals surface area (Å²) in [6.45, 7) is 8.27. The summed E-state index contributed by atoms with van der Waals surface area (Å²) in [6.07, 6.45) is 3.04. The second-order valence-corrected chi connectivity index (χ2v) is 8.97. The highest BCUT2D eigenvalue weighted by atomic mass is 32.1. The van der Waals surface area contributed by atoms with Crippen molar-refractivity contribution in [2.75, 3.05) is 43.0 Å². The van der Waals surface area contributed by atoms with E-state index >= 15 is 0 Å². The lowest BCUT2D eigenvalue weighted by molar-refractivity contribution is 0.588. The van der Waals surface area contributed by atoms with Gasteiger partial charge >= 0.3 is 0 Å². The molecule has 1 N–H and O–H groups in total. The molecule has 0 unspecified atom stereocenters. The van der Waals surface area contributed by atoms with Crippen LogP contribution in [0, 0.1) is 12.7 Å². The number of pyridine rings is 1. The molecule has 0 spiro atoms. The second kappa shape index (κ2) is 8.52. The van der Waals surface area contributed by atoms with Crippen LogP contribution in [0.3, 0.4) is 0 Å². The largest absolute Gasteiger partial charge is 0.368 e. The Bertz CT molecular complexity index is 1240. The van der Waals surface area contributed by atoms with Crippen molar-refractivity contribution in [1.29, 1.82) is 0 Å². The quantitative estimate of drug-likeness (QED) is 0.480. The minimum absolute atomic E-state index is 0.240. The van der Waals surface area contributed by atoms with Gasteiger partial charge in [-0.2, -0.15) is 0 Å². The Morgan fingerprint density at radius 3 is 2.62 bits per heavy atom. The number of thiazole rings is 1. The van der Waals surface area contributed by atoms with Crippen molar-refractivity contribution in [3.8, 4) is 11.3 Å². The number of imidazole rings is 1. The fourth-order valence-electron chi connectivity index (χ4n) is 4.28. The molecule has 4 heterocycles. The van der Waals surface area contributed by atoms with Crippen molar-refractivity contribution in [2.24, 2.45) is 0 Å². The minimum atomic E-state index is -0.240. The van der Waals surface area contributed by atoms with Gasteiger partial charge in [-0.3, -0.25) is 4.40 Å². The van der Waals surface area contributed by atoms with Gasteiger partial charge in [-0.1, -0.05) is 6.92 Å². The van der Waals surface area contributed by atoms with E-state index < -0.39 is 0 Å². The first-order chi connectivity index (χ1) is 15.5. The van der Waals surface area contributed by atoms with Crippen LogP contribution in [0.5, 0.6) is 0 Å². The van der Waals surface area contributed by atoms with E-state index in [0.717, 1.165) is 66.1 Å². The van der Waals surface area contributed by atoms with Crippen LogP contribution >= 0.6 is 11.3 Å². The van der Waals surface area contributed by atoms with E-state index in [4.69, 9.17) is 9.97 Å². The monoisotopic (exact) mass is 450 g/mol. The van der Waals surface area contributed by atoms with Gasteiger partial charge in [-0.15, -0.1) is 11.3 Å². The van der Waals surface area contributed by atoms with Crippen LogP contribution in [0.25, 0.3) is 16.9 Å². The van der Waals surface area contributed by atoms with E-state index in [1.165, 1.54) is 23.4 Å². The Hall–Kier alpha value is -2.97. The molecule has 1 fully saturated rings. The molecule has 32 heavy (non-hydrogen) atoms. The average Bonchev–Trinajstić information content (AvgIpc) is 3.45. The zero-order valence-corrected chi connectivity index (χ0v) is 19.4. The Morgan fingerprint density at radius 2 is 1.91 bits per heavy atom. The van der Waals surface area contributed by atoms with Gasteiger partial charge in [0.15, 0.2) is 5.13 Å². The number of anilines is 3. The summed E-state index contributed by atoms with van der Waals surface area (Å²) in [4.78, 5) is 14.4. The maximum Gasteiger partial charge on any atom is 0.191 e. The van der Waals surface area contributed by atoms with Crippen molar-refractivity contribution in [1.82, 2.24) is 19.7 Å². The maximum absolute atomic E-state index is 13.3. The lowest BCUT2D eigenvalue weighted by Crippen LogP contribution is -2.43. The molecule has 166 valence electrons. The topological polar surface area (TPSA) is 48.7 Å². The first kappa shape index (κ1) is 20.9. The Labute approximate surface area is 191 Å². The van der Waals surface area contributed by atoms with Crippen LogP contribution in [0.4, 0.5) is 21.0 Å². The Kier molecular flexibility index (Phi) is 5.57. The van der Waals surface area contributed by atoms with Gasteiger partial charge in [0.25, 0.3) is 0 Å². The number of nitrogens with zero attached hydrogens (tertiary/aromatic N) is 5. The number of benzene rings is 1. The van der Waals surface area contributed by atoms with Crippen molar-refractivity contribution >= 4 is 33.6 Å². The molecule has 4 aromatic rings. The Balaban J connectivity index is 1.56. The van der Waals surface area contributed by atoms with Gasteiger partial charge in [-0.25, -0.2) is 14.4 Å². The molecule has 1 saturated heterocycles. The summed E-state index contributed by atoms with van der Waals surface area (Å²) in [5, 5.41) is 6.32. The van der Waals surface area contributed by atoms with Crippen LogP contribution in [-0.4, -0.2) is 47.6 Å². The number of halogens is 1. The van der Waals surface area contributed by atoms with E-state index in [2.05, 4.69) is 45.6 Å². The zero-order valence-electron chi connectivity index (χ0n) is 18.6. The number of nitrogens with one attached hydrogen (secondary N) is 1. The molecule has 1 aliphatic rings. The van der Waals surface area contributed by atoms with E-state index in [1.54, 1.807) is 23.5 Å². The number of piperazine rings is 1. The molecular formula is C24H27FN6S. The summed E-state index contributed by atoms with van der Waals surface area (Å²) < 4.78 is 15.5. The van der Waals surface area contributed by atoms with Gasteiger partial charge in [0, 0.05) is 50.4 Å². The minimum Gasteiger partial charge on any atom is -0.368 e. The highest BCUT2D eigenvalue weighted by molar-refractivity contribution is 7.14. The van der Waals surface area contributed by atoms with Gasteiger partial charge in [0.1, 0.15) is 17.3 Å². The van der Waals surface area contributed by atoms with Gasteiger partial charge in [-0.05, 0) is 49.2 Å². The van der Waals surface area contributed by atoms with Crippen molar-refractivity contribution in [2.45, 2.75) is 20.3 Å². The van der Waals surface area contributed by atoms with Crippen LogP contribution in [-0.2, 0) is 6.42 Å². The smallest absolute Gasteiger partial charge is 0.191 e. The van der Waals surface area contributed by atoms with Crippen molar-refractivity contribution in [3.05, 3.63) is 59.0 Å².